The van der Waals surface area contributed by atoms with E-state index in [4.69, 9.17) is 9.72 Å². The van der Waals surface area contributed by atoms with E-state index in [-0.39, 0.29) is 23.1 Å². The van der Waals surface area contributed by atoms with Crippen LogP contribution in [0.1, 0.15) is 50.6 Å². The van der Waals surface area contributed by atoms with Gasteiger partial charge in [0.15, 0.2) is 0 Å². The van der Waals surface area contributed by atoms with Gasteiger partial charge in [0.1, 0.15) is 12.4 Å². The van der Waals surface area contributed by atoms with E-state index in [1.807, 2.05) is 42.5 Å². The van der Waals surface area contributed by atoms with Crippen LogP contribution < -0.4 is 5.32 Å². The third-order valence-corrected chi connectivity index (χ3v) is 6.67. The molecule has 1 aliphatic rings. The molecule has 2 heterocycles. The number of aromatic nitrogens is 2. The smallest absolute Gasteiger partial charge is 0.335 e. The molecular formula is C29H28N4O6. The summed E-state index contributed by atoms with van der Waals surface area (Å²) in [6, 6.07) is 19.2. The van der Waals surface area contributed by atoms with Crippen molar-refractivity contribution in [2.24, 2.45) is 0 Å². The molecule has 0 saturated carbocycles. The maximum absolute atomic E-state index is 11.5. The summed E-state index contributed by atoms with van der Waals surface area (Å²) in [5, 5.41) is 21.3. The van der Waals surface area contributed by atoms with Crippen LogP contribution in [0.5, 0.6) is 0 Å². The van der Waals surface area contributed by atoms with Crippen LogP contribution in [0.4, 0.5) is 5.69 Å². The van der Waals surface area contributed by atoms with Crippen LogP contribution in [0.3, 0.4) is 0 Å². The second-order valence-corrected chi connectivity index (χ2v) is 9.63. The van der Waals surface area contributed by atoms with Gasteiger partial charge in [-0.1, -0.05) is 24.3 Å². The second kappa shape index (κ2) is 11.1. The van der Waals surface area contributed by atoms with E-state index in [1.54, 1.807) is 24.3 Å². The van der Waals surface area contributed by atoms with Crippen molar-refractivity contribution < 1.29 is 29.3 Å². The zero-order valence-corrected chi connectivity index (χ0v) is 21.3. The molecule has 0 fully saturated rings. The van der Waals surface area contributed by atoms with Crippen LogP contribution in [0.15, 0.2) is 66.7 Å². The highest BCUT2D eigenvalue weighted by Crippen LogP contribution is 2.29. The van der Waals surface area contributed by atoms with E-state index in [0.29, 0.717) is 38.5 Å². The summed E-state index contributed by atoms with van der Waals surface area (Å²) in [5.41, 5.74) is 4.76. The fourth-order valence-corrected chi connectivity index (χ4v) is 4.94. The molecule has 39 heavy (non-hydrogen) atoms. The molecule has 1 amide bonds. The molecule has 10 nitrogen and oxygen atoms in total. The lowest BCUT2D eigenvalue weighted by Crippen LogP contribution is -2.35. The van der Waals surface area contributed by atoms with Crippen molar-refractivity contribution in [3.05, 3.63) is 94.8 Å². The summed E-state index contributed by atoms with van der Waals surface area (Å²) in [6.45, 7) is 4.03. The summed E-state index contributed by atoms with van der Waals surface area (Å²) in [4.78, 5) is 41.1. The maximum Gasteiger partial charge on any atom is 0.335 e. The minimum Gasteiger partial charge on any atom is -0.478 e. The standard InChI is InChI=1S/C29H28N4O6/c1-18(34)30-23-10-11-26-25(12-23)31-27-17-39-16-24(33(26)27)15-32(13-19-2-6-21(7-3-19)28(35)36)14-20-4-8-22(9-5-20)29(37)38/h2-12,24H,13-17H2,1H3,(H,30,34)(H,35,36)(H,37,38). The van der Waals surface area contributed by atoms with Gasteiger partial charge in [0, 0.05) is 32.2 Å². The molecule has 1 unspecified atom stereocenters. The minimum absolute atomic E-state index is 0.0537. The predicted octanol–water partition coefficient (Wildman–Crippen LogP) is 4.16. The quantitative estimate of drug-likeness (QED) is 0.295. The molecule has 10 heteroatoms. The number of nitrogens with one attached hydrogen (secondary N) is 1. The lowest BCUT2D eigenvalue weighted by molar-refractivity contribution is -0.114. The number of amides is 1. The number of anilines is 1. The number of ether oxygens (including phenoxy) is 1. The Balaban J connectivity index is 1.43. The second-order valence-electron chi connectivity index (χ2n) is 9.63. The maximum atomic E-state index is 11.5. The van der Waals surface area contributed by atoms with Crippen molar-refractivity contribution in [2.45, 2.75) is 32.7 Å². The third-order valence-electron chi connectivity index (χ3n) is 6.67. The van der Waals surface area contributed by atoms with Crippen LogP contribution >= 0.6 is 0 Å². The van der Waals surface area contributed by atoms with Gasteiger partial charge >= 0.3 is 11.9 Å². The first-order chi connectivity index (χ1) is 18.8. The average Bonchev–Trinajstić information content (AvgIpc) is 3.27. The zero-order chi connectivity index (χ0) is 27.5. The molecule has 1 aliphatic heterocycles. The van der Waals surface area contributed by atoms with E-state index in [2.05, 4.69) is 14.8 Å². The summed E-state index contributed by atoms with van der Waals surface area (Å²) in [5.74, 6) is -1.30. The molecule has 1 aromatic heterocycles. The molecule has 200 valence electrons. The van der Waals surface area contributed by atoms with Crippen LogP contribution in [0.2, 0.25) is 0 Å². The Morgan fingerprint density at radius 1 is 0.949 bits per heavy atom. The van der Waals surface area contributed by atoms with Gasteiger partial charge in [0.05, 0.1) is 34.8 Å². The Labute approximate surface area is 224 Å². The van der Waals surface area contributed by atoms with Crippen molar-refractivity contribution >= 4 is 34.6 Å². The number of rotatable bonds is 9. The molecule has 0 aliphatic carbocycles. The number of hydrogen-bond acceptors (Lipinski definition) is 6. The first-order valence-electron chi connectivity index (χ1n) is 12.5. The first-order valence-corrected chi connectivity index (χ1v) is 12.5. The molecule has 3 N–H and O–H groups in total. The van der Waals surface area contributed by atoms with Gasteiger partial charge in [0.25, 0.3) is 0 Å². The average molecular weight is 529 g/mol. The molecule has 3 aromatic carbocycles. The number of carboxylic acid groups (broad SMARTS) is 2. The number of carboxylic acids is 2. The molecule has 0 spiro atoms. The fourth-order valence-electron chi connectivity index (χ4n) is 4.94. The number of carbonyl (C=O) groups is 3. The monoisotopic (exact) mass is 528 g/mol. The van der Waals surface area contributed by atoms with Crippen LogP contribution in [0.25, 0.3) is 11.0 Å². The predicted molar refractivity (Wildman–Crippen MR) is 144 cm³/mol. The largest absolute Gasteiger partial charge is 0.478 e. The highest BCUT2D eigenvalue weighted by atomic mass is 16.5. The Morgan fingerprint density at radius 2 is 1.54 bits per heavy atom. The molecular weight excluding hydrogens is 500 g/mol. The van der Waals surface area contributed by atoms with Gasteiger partial charge in [-0.05, 0) is 53.6 Å². The molecule has 0 saturated heterocycles. The van der Waals surface area contributed by atoms with E-state index in [1.165, 1.54) is 6.92 Å². The van der Waals surface area contributed by atoms with Gasteiger partial charge in [0.2, 0.25) is 5.91 Å². The van der Waals surface area contributed by atoms with Crippen LogP contribution in [-0.4, -0.2) is 55.7 Å². The van der Waals surface area contributed by atoms with Gasteiger partial charge in [-0.25, -0.2) is 14.6 Å². The molecule has 4 aromatic rings. The third kappa shape index (κ3) is 5.97. The number of aromatic carboxylic acids is 2. The van der Waals surface area contributed by atoms with Crippen LogP contribution in [0, 0.1) is 0 Å². The summed E-state index contributed by atoms with van der Waals surface area (Å²) in [7, 11) is 0. The van der Waals surface area contributed by atoms with Crippen LogP contribution in [-0.2, 0) is 29.2 Å². The van der Waals surface area contributed by atoms with Crippen molar-refractivity contribution in [1.82, 2.24) is 14.5 Å². The topological polar surface area (TPSA) is 134 Å². The lowest BCUT2D eigenvalue weighted by Gasteiger charge is -2.32. The van der Waals surface area contributed by atoms with E-state index in [9.17, 15) is 24.6 Å². The normalized spacial score (nSPS) is 14.8. The molecule has 0 bridgehead atoms. The Hall–Kier alpha value is -4.54. The van der Waals surface area contributed by atoms with Crippen molar-refractivity contribution in [1.29, 1.82) is 0 Å². The van der Waals surface area contributed by atoms with Gasteiger partial charge in [-0.2, -0.15) is 0 Å². The summed E-state index contributed by atoms with van der Waals surface area (Å²) < 4.78 is 8.09. The Bertz CT molecular complexity index is 1470. The summed E-state index contributed by atoms with van der Waals surface area (Å²) >= 11 is 0. The number of imidazole rings is 1. The Morgan fingerprint density at radius 3 is 2.08 bits per heavy atom. The van der Waals surface area contributed by atoms with Gasteiger partial charge < -0.3 is 24.8 Å². The van der Waals surface area contributed by atoms with E-state index in [0.717, 1.165) is 28.0 Å². The fraction of sp³-hybridized carbons (Fsp3) is 0.241. The summed E-state index contributed by atoms with van der Waals surface area (Å²) in [6.07, 6.45) is 0. The highest BCUT2D eigenvalue weighted by molar-refractivity contribution is 5.91. The molecule has 5 rings (SSSR count). The lowest BCUT2D eigenvalue weighted by atomic mass is 10.1. The highest BCUT2D eigenvalue weighted by Gasteiger charge is 2.26. The van der Waals surface area contributed by atoms with Gasteiger partial charge in [-0.3, -0.25) is 9.69 Å². The molecule has 1 atom stereocenters. The number of fused-ring (bicyclic) bond motifs is 3. The molecule has 0 radical (unpaired) electrons. The van der Waals surface area contributed by atoms with Crippen molar-refractivity contribution in [2.75, 3.05) is 18.5 Å². The number of carbonyl (C=O) groups excluding carboxylic acids is 1. The first kappa shape index (κ1) is 26.1. The number of benzene rings is 3. The minimum atomic E-state index is -0.975. The zero-order valence-electron chi connectivity index (χ0n) is 21.3. The van der Waals surface area contributed by atoms with Crippen molar-refractivity contribution in [3.8, 4) is 0 Å². The number of hydrogen-bond donors (Lipinski definition) is 3. The van der Waals surface area contributed by atoms with Crippen molar-refractivity contribution in [3.63, 3.8) is 0 Å². The SMILES string of the molecule is CC(=O)Nc1ccc2c(c1)nc1n2C(CN(Cc2ccc(C(=O)O)cc2)Cc2ccc(C(=O)O)cc2)COC1. The Kier molecular flexibility index (Phi) is 7.40. The van der Waals surface area contributed by atoms with E-state index >= 15 is 0 Å². The van der Waals surface area contributed by atoms with Gasteiger partial charge in [-0.15, -0.1) is 0 Å². The number of nitrogens with zero attached hydrogens (tertiary/aromatic N) is 3. The van der Waals surface area contributed by atoms with E-state index < -0.39 is 11.9 Å².